The highest BCUT2D eigenvalue weighted by Crippen LogP contribution is 2.31. The summed E-state index contributed by atoms with van der Waals surface area (Å²) in [6.45, 7) is 1.72. The van der Waals surface area contributed by atoms with Gasteiger partial charge in [0.1, 0.15) is 0 Å². The molecule has 1 atom stereocenters. The number of alkyl halides is 1. The molecule has 22 heavy (non-hydrogen) atoms. The van der Waals surface area contributed by atoms with Gasteiger partial charge in [-0.05, 0) is 24.6 Å². The molecule has 1 aliphatic heterocycles. The van der Waals surface area contributed by atoms with Crippen LogP contribution in [0.5, 0.6) is 11.5 Å². The van der Waals surface area contributed by atoms with E-state index in [2.05, 4.69) is 5.16 Å². The molecule has 1 aliphatic rings. The maximum Gasteiger partial charge on any atom is 0.199 e. The number of nitrogens with zero attached hydrogens (tertiary/aromatic N) is 1. The summed E-state index contributed by atoms with van der Waals surface area (Å²) in [4.78, 5) is 5.14. The van der Waals surface area contributed by atoms with E-state index in [4.69, 9.17) is 25.9 Å². The number of hydrogen-bond donors (Lipinski definition) is 0. The van der Waals surface area contributed by atoms with Crippen LogP contribution in [0.15, 0.2) is 23.4 Å². The van der Waals surface area contributed by atoms with Gasteiger partial charge in [0.25, 0.3) is 0 Å². The number of methoxy groups -OCH3 is 2. The lowest BCUT2D eigenvalue weighted by Gasteiger charge is -2.16. The zero-order valence-corrected chi connectivity index (χ0v) is 14.2. The molecule has 0 saturated heterocycles. The van der Waals surface area contributed by atoms with Gasteiger partial charge in [0.05, 0.1) is 25.9 Å². The Morgan fingerprint density at radius 2 is 2.00 bits per heavy atom. The van der Waals surface area contributed by atoms with Crippen LogP contribution in [0.1, 0.15) is 18.9 Å². The van der Waals surface area contributed by atoms with Crippen LogP contribution in [0.4, 0.5) is 0 Å². The Hall–Kier alpha value is -1.47. The smallest absolute Gasteiger partial charge is 0.199 e. The zero-order chi connectivity index (χ0) is 16.4. The minimum atomic E-state index is -3.57. The Kier molecular flexibility index (Phi) is 4.87. The van der Waals surface area contributed by atoms with Gasteiger partial charge in [-0.25, -0.2) is 8.42 Å². The maximum atomic E-state index is 12.4. The van der Waals surface area contributed by atoms with Crippen LogP contribution < -0.4 is 9.47 Å². The molecule has 0 radical (unpaired) electrons. The van der Waals surface area contributed by atoms with Crippen molar-refractivity contribution in [2.75, 3.05) is 20.1 Å². The summed E-state index contributed by atoms with van der Waals surface area (Å²) >= 11 is 5.77. The fourth-order valence-electron chi connectivity index (χ4n) is 2.06. The molecular weight excluding hydrogens is 330 g/mol. The van der Waals surface area contributed by atoms with Crippen LogP contribution in [-0.2, 0) is 20.4 Å². The summed E-state index contributed by atoms with van der Waals surface area (Å²) in [5.74, 6) is 1.00. The first-order valence-electron chi connectivity index (χ1n) is 6.58. The summed E-state index contributed by atoms with van der Waals surface area (Å²) in [6, 6.07) is 4.98. The minimum absolute atomic E-state index is 0.0189. The van der Waals surface area contributed by atoms with Gasteiger partial charge in [0.2, 0.25) is 0 Å². The van der Waals surface area contributed by atoms with E-state index in [1.165, 1.54) is 14.2 Å². The topological polar surface area (TPSA) is 74.2 Å². The first-order valence-corrected chi connectivity index (χ1v) is 8.77. The van der Waals surface area contributed by atoms with Crippen LogP contribution >= 0.6 is 11.6 Å². The number of sulfone groups is 1. The van der Waals surface area contributed by atoms with E-state index < -0.39 is 15.4 Å². The Balaban J connectivity index is 2.20. The van der Waals surface area contributed by atoms with Crippen molar-refractivity contribution in [1.29, 1.82) is 0 Å². The molecule has 0 amide bonds. The second-order valence-electron chi connectivity index (χ2n) is 5.29. The Bertz CT molecular complexity index is 688. The normalized spacial score (nSPS) is 21.2. The SMILES string of the molecule is COc1ccc(CS(=O)(=O)C2=NOC(C)(CCl)C2)cc1OC. The Labute approximate surface area is 134 Å². The number of halogens is 1. The molecule has 1 unspecified atom stereocenters. The van der Waals surface area contributed by atoms with Gasteiger partial charge < -0.3 is 14.3 Å². The van der Waals surface area contributed by atoms with Crippen molar-refractivity contribution in [2.45, 2.75) is 24.7 Å². The van der Waals surface area contributed by atoms with Crippen molar-refractivity contribution >= 4 is 26.5 Å². The van der Waals surface area contributed by atoms with E-state index in [1.807, 2.05) is 0 Å². The number of ether oxygens (including phenoxy) is 2. The molecule has 0 aromatic heterocycles. The number of benzene rings is 1. The van der Waals surface area contributed by atoms with Crippen molar-refractivity contribution in [3.63, 3.8) is 0 Å². The summed E-state index contributed by atoms with van der Waals surface area (Å²) < 4.78 is 35.2. The highest BCUT2D eigenvalue weighted by molar-refractivity contribution is 8.05. The van der Waals surface area contributed by atoms with Gasteiger partial charge in [-0.1, -0.05) is 11.2 Å². The lowest BCUT2D eigenvalue weighted by molar-refractivity contribution is 0.0152. The van der Waals surface area contributed by atoms with Gasteiger partial charge in [-0.15, -0.1) is 11.6 Å². The van der Waals surface area contributed by atoms with E-state index in [0.717, 1.165) is 0 Å². The molecule has 1 heterocycles. The molecule has 1 aromatic carbocycles. The van der Waals surface area contributed by atoms with Crippen LogP contribution in [0.2, 0.25) is 0 Å². The number of hydrogen-bond acceptors (Lipinski definition) is 6. The lowest BCUT2D eigenvalue weighted by atomic mass is 10.1. The number of rotatable bonds is 5. The molecule has 0 fully saturated rings. The van der Waals surface area contributed by atoms with E-state index in [1.54, 1.807) is 25.1 Å². The van der Waals surface area contributed by atoms with Gasteiger partial charge in [-0.2, -0.15) is 0 Å². The summed E-state index contributed by atoms with van der Waals surface area (Å²) in [7, 11) is -0.552. The molecule has 8 heteroatoms. The zero-order valence-electron chi connectivity index (χ0n) is 12.6. The average Bonchev–Trinajstić information content (AvgIpc) is 2.91. The van der Waals surface area contributed by atoms with Crippen molar-refractivity contribution in [3.8, 4) is 11.5 Å². The Morgan fingerprint density at radius 3 is 2.55 bits per heavy atom. The molecule has 122 valence electrons. The molecule has 0 bridgehead atoms. The molecule has 0 N–H and O–H groups in total. The van der Waals surface area contributed by atoms with Gasteiger partial charge in [-0.3, -0.25) is 0 Å². The summed E-state index contributed by atoms with van der Waals surface area (Å²) in [5, 5.41) is 3.71. The fourth-order valence-corrected chi connectivity index (χ4v) is 3.66. The number of oxime groups is 1. The second kappa shape index (κ2) is 6.34. The minimum Gasteiger partial charge on any atom is -0.493 e. The first kappa shape index (κ1) is 16.9. The van der Waals surface area contributed by atoms with Crippen LogP contribution in [-0.4, -0.2) is 39.2 Å². The van der Waals surface area contributed by atoms with Crippen molar-refractivity contribution in [2.24, 2.45) is 5.16 Å². The van der Waals surface area contributed by atoms with Gasteiger partial charge in [0, 0.05) is 6.42 Å². The molecular formula is C14H18ClNO5S. The third kappa shape index (κ3) is 3.47. The predicted molar refractivity (Wildman–Crippen MR) is 84.4 cm³/mol. The lowest BCUT2D eigenvalue weighted by Crippen LogP contribution is -2.28. The highest BCUT2D eigenvalue weighted by Gasteiger charge is 2.39. The maximum absolute atomic E-state index is 12.4. The molecule has 2 rings (SSSR count). The Morgan fingerprint density at radius 1 is 1.32 bits per heavy atom. The molecule has 0 spiro atoms. The van der Waals surface area contributed by atoms with E-state index in [0.29, 0.717) is 17.1 Å². The third-order valence-corrected chi connectivity index (χ3v) is 5.55. The molecule has 0 saturated carbocycles. The summed E-state index contributed by atoms with van der Waals surface area (Å²) in [6.07, 6.45) is 0.173. The third-order valence-electron chi connectivity index (χ3n) is 3.34. The van der Waals surface area contributed by atoms with Crippen molar-refractivity contribution < 1.29 is 22.7 Å². The first-order chi connectivity index (χ1) is 10.3. The standard InChI is InChI=1S/C14H18ClNO5S/c1-14(9-15)7-13(16-21-14)22(17,18)8-10-4-5-11(19-2)12(6-10)20-3/h4-6H,7-9H2,1-3H3. The predicted octanol–water partition coefficient (Wildman–Crippen LogP) is 2.35. The van der Waals surface area contributed by atoms with Crippen molar-refractivity contribution in [1.82, 2.24) is 0 Å². The monoisotopic (exact) mass is 347 g/mol. The van der Waals surface area contributed by atoms with Crippen LogP contribution in [0, 0.1) is 0 Å². The molecule has 6 nitrogen and oxygen atoms in total. The van der Waals surface area contributed by atoms with Gasteiger partial charge in [0.15, 0.2) is 32.0 Å². The van der Waals surface area contributed by atoms with Crippen LogP contribution in [0.25, 0.3) is 0 Å². The van der Waals surface area contributed by atoms with E-state index in [9.17, 15) is 8.42 Å². The van der Waals surface area contributed by atoms with E-state index >= 15 is 0 Å². The quantitative estimate of drug-likeness (QED) is 0.764. The summed E-state index contributed by atoms with van der Waals surface area (Å²) in [5.41, 5.74) is -0.179. The molecule has 1 aromatic rings. The molecule has 0 aliphatic carbocycles. The van der Waals surface area contributed by atoms with Crippen molar-refractivity contribution in [3.05, 3.63) is 23.8 Å². The average molecular weight is 348 g/mol. The van der Waals surface area contributed by atoms with Crippen LogP contribution in [0.3, 0.4) is 0 Å². The fraction of sp³-hybridized carbons (Fsp3) is 0.500. The van der Waals surface area contributed by atoms with E-state index in [-0.39, 0.29) is 23.1 Å². The highest BCUT2D eigenvalue weighted by atomic mass is 35.5. The largest absolute Gasteiger partial charge is 0.493 e. The second-order valence-corrected chi connectivity index (χ2v) is 7.54. The van der Waals surface area contributed by atoms with Gasteiger partial charge >= 0.3 is 0 Å².